The van der Waals surface area contributed by atoms with Gasteiger partial charge in [-0.3, -0.25) is 9.79 Å². The number of hydrogen-bond acceptors (Lipinski definition) is 3. The van der Waals surface area contributed by atoms with E-state index in [0.29, 0.717) is 25.3 Å². The van der Waals surface area contributed by atoms with Gasteiger partial charge in [0, 0.05) is 32.2 Å². The van der Waals surface area contributed by atoms with Crippen molar-refractivity contribution in [1.29, 1.82) is 0 Å². The van der Waals surface area contributed by atoms with Crippen LogP contribution in [0.4, 0.5) is 0 Å². The largest absolute Gasteiger partial charge is 0.492 e. The first-order valence-corrected chi connectivity index (χ1v) is 10.0. The number of hydrogen-bond donors (Lipinski definition) is 2. The van der Waals surface area contributed by atoms with Crippen LogP contribution in [0.5, 0.6) is 5.75 Å². The predicted octanol–water partition coefficient (Wildman–Crippen LogP) is 3.92. The zero-order valence-electron chi connectivity index (χ0n) is 18.2. The Morgan fingerprint density at radius 3 is 2.57 bits per heavy atom. The second-order valence-electron chi connectivity index (χ2n) is 6.97. The minimum Gasteiger partial charge on any atom is -0.492 e. The lowest BCUT2D eigenvalue weighted by Gasteiger charge is -2.22. The Balaban J connectivity index is 0.00000450. The molecule has 0 aliphatic carbocycles. The number of para-hydroxylation sites is 1. The smallest absolute Gasteiger partial charge is 0.251 e. The van der Waals surface area contributed by atoms with Gasteiger partial charge < -0.3 is 20.3 Å². The number of aliphatic imine (C=N–C) groups is 1. The van der Waals surface area contributed by atoms with Crippen molar-refractivity contribution in [1.82, 2.24) is 15.5 Å². The topological polar surface area (TPSA) is 66.0 Å². The maximum Gasteiger partial charge on any atom is 0.251 e. The summed E-state index contributed by atoms with van der Waals surface area (Å²) < 4.78 is 5.75. The number of guanidine groups is 1. The molecule has 0 saturated heterocycles. The van der Waals surface area contributed by atoms with Crippen molar-refractivity contribution < 1.29 is 9.53 Å². The van der Waals surface area contributed by atoms with Gasteiger partial charge in [-0.1, -0.05) is 37.3 Å². The molecule has 0 fully saturated rings. The molecular weight excluding hydrogens is 491 g/mol. The van der Waals surface area contributed by atoms with Crippen molar-refractivity contribution in [2.45, 2.75) is 32.9 Å². The summed E-state index contributed by atoms with van der Waals surface area (Å²) in [6.45, 7) is 5.91. The second-order valence-corrected chi connectivity index (χ2v) is 6.97. The molecule has 0 spiro atoms. The van der Waals surface area contributed by atoms with Crippen LogP contribution in [-0.2, 0) is 6.54 Å². The summed E-state index contributed by atoms with van der Waals surface area (Å²) in [4.78, 5) is 18.7. The fourth-order valence-electron chi connectivity index (χ4n) is 2.72. The molecule has 30 heavy (non-hydrogen) atoms. The molecule has 0 saturated carbocycles. The summed E-state index contributed by atoms with van der Waals surface area (Å²) in [6, 6.07) is 17.6. The van der Waals surface area contributed by atoms with E-state index in [4.69, 9.17) is 4.74 Å². The van der Waals surface area contributed by atoms with Gasteiger partial charge in [-0.05, 0) is 43.2 Å². The number of amides is 1. The number of nitrogens with zero attached hydrogens (tertiary/aromatic N) is 2. The molecule has 0 heterocycles. The standard InChI is InChI=1S/C23H32N4O2.HI/c1-5-18(2)26-22(28)20-11-9-10-19(16-20)17-25-23(24-3)27(4)14-15-29-21-12-7-6-8-13-21;/h6-13,16,18H,5,14-15,17H2,1-4H3,(H,24,25)(H,26,28);1H. The summed E-state index contributed by atoms with van der Waals surface area (Å²) in [6.07, 6.45) is 0.906. The van der Waals surface area contributed by atoms with Crippen molar-refractivity contribution in [3.63, 3.8) is 0 Å². The van der Waals surface area contributed by atoms with Crippen LogP contribution in [0.25, 0.3) is 0 Å². The van der Waals surface area contributed by atoms with Crippen LogP contribution in [0.15, 0.2) is 59.6 Å². The monoisotopic (exact) mass is 524 g/mol. The van der Waals surface area contributed by atoms with E-state index in [1.165, 1.54) is 0 Å². The van der Waals surface area contributed by atoms with E-state index in [9.17, 15) is 4.79 Å². The van der Waals surface area contributed by atoms with Gasteiger partial charge in [0.05, 0.1) is 6.54 Å². The first-order valence-electron chi connectivity index (χ1n) is 10.0. The van der Waals surface area contributed by atoms with Gasteiger partial charge in [0.1, 0.15) is 12.4 Å². The number of carbonyl (C=O) groups excluding carboxylic acids is 1. The lowest BCUT2D eigenvalue weighted by Crippen LogP contribution is -2.40. The summed E-state index contributed by atoms with van der Waals surface area (Å²) >= 11 is 0. The zero-order chi connectivity index (χ0) is 21.1. The number of halogens is 1. The van der Waals surface area contributed by atoms with Gasteiger partial charge >= 0.3 is 0 Å². The van der Waals surface area contributed by atoms with Crippen LogP contribution < -0.4 is 15.4 Å². The SMILES string of the molecule is CCC(C)NC(=O)c1cccc(CNC(=NC)N(C)CCOc2ccccc2)c1.I. The number of benzene rings is 2. The summed E-state index contributed by atoms with van der Waals surface area (Å²) in [5.74, 6) is 1.59. The van der Waals surface area contributed by atoms with Crippen molar-refractivity contribution in [2.75, 3.05) is 27.2 Å². The molecule has 0 aliphatic heterocycles. The van der Waals surface area contributed by atoms with E-state index in [2.05, 4.69) is 22.5 Å². The highest BCUT2D eigenvalue weighted by molar-refractivity contribution is 14.0. The van der Waals surface area contributed by atoms with E-state index < -0.39 is 0 Å². The summed E-state index contributed by atoms with van der Waals surface area (Å²) in [7, 11) is 3.73. The molecule has 0 aromatic heterocycles. The molecule has 1 unspecified atom stereocenters. The zero-order valence-corrected chi connectivity index (χ0v) is 20.6. The van der Waals surface area contributed by atoms with Gasteiger partial charge in [-0.25, -0.2) is 0 Å². The van der Waals surface area contributed by atoms with Gasteiger partial charge in [0.2, 0.25) is 0 Å². The average molecular weight is 524 g/mol. The third-order valence-electron chi connectivity index (χ3n) is 4.64. The Morgan fingerprint density at radius 2 is 1.90 bits per heavy atom. The molecule has 0 bridgehead atoms. The van der Waals surface area contributed by atoms with Crippen molar-refractivity contribution in [2.24, 2.45) is 4.99 Å². The van der Waals surface area contributed by atoms with Crippen molar-refractivity contribution >= 4 is 35.8 Å². The van der Waals surface area contributed by atoms with Gasteiger partial charge in [-0.15, -0.1) is 24.0 Å². The maximum absolute atomic E-state index is 12.3. The molecule has 6 nitrogen and oxygen atoms in total. The Hall–Kier alpha value is -2.29. The number of carbonyl (C=O) groups is 1. The number of ether oxygens (including phenoxy) is 1. The highest BCUT2D eigenvalue weighted by Crippen LogP contribution is 2.08. The highest BCUT2D eigenvalue weighted by atomic mass is 127. The normalized spacial score (nSPS) is 11.8. The van der Waals surface area contributed by atoms with Crippen LogP contribution in [0, 0.1) is 0 Å². The lowest BCUT2D eigenvalue weighted by molar-refractivity contribution is 0.0939. The number of likely N-dealkylation sites (N-methyl/N-ethyl adjacent to an activating group) is 1. The van der Waals surface area contributed by atoms with Crippen LogP contribution in [0.3, 0.4) is 0 Å². The van der Waals surface area contributed by atoms with Crippen molar-refractivity contribution in [3.05, 3.63) is 65.7 Å². The maximum atomic E-state index is 12.3. The Kier molecular flexibility index (Phi) is 11.9. The summed E-state index contributed by atoms with van der Waals surface area (Å²) in [5.41, 5.74) is 1.70. The molecule has 7 heteroatoms. The van der Waals surface area contributed by atoms with E-state index in [1.807, 2.05) is 73.5 Å². The third-order valence-corrected chi connectivity index (χ3v) is 4.64. The molecular formula is C23H33IN4O2. The molecule has 2 aromatic rings. The average Bonchev–Trinajstić information content (AvgIpc) is 2.75. The fourth-order valence-corrected chi connectivity index (χ4v) is 2.72. The quantitative estimate of drug-likeness (QED) is 0.297. The lowest BCUT2D eigenvalue weighted by atomic mass is 10.1. The first-order chi connectivity index (χ1) is 14.0. The number of nitrogens with one attached hydrogen (secondary N) is 2. The van der Waals surface area contributed by atoms with Crippen LogP contribution in [0.1, 0.15) is 36.2 Å². The molecule has 164 valence electrons. The summed E-state index contributed by atoms with van der Waals surface area (Å²) in [5, 5.41) is 6.34. The van der Waals surface area contributed by atoms with E-state index in [-0.39, 0.29) is 35.9 Å². The van der Waals surface area contributed by atoms with E-state index in [0.717, 1.165) is 23.7 Å². The van der Waals surface area contributed by atoms with Gasteiger partial charge in [0.25, 0.3) is 5.91 Å². The number of rotatable bonds is 9. The minimum absolute atomic E-state index is 0. The first kappa shape index (κ1) is 25.7. The second kappa shape index (κ2) is 13.8. The molecule has 2 N–H and O–H groups in total. The van der Waals surface area contributed by atoms with Crippen LogP contribution in [0.2, 0.25) is 0 Å². The molecule has 0 radical (unpaired) electrons. The van der Waals surface area contributed by atoms with Gasteiger partial charge in [-0.2, -0.15) is 0 Å². The van der Waals surface area contributed by atoms with Crippen LogP contribution in [-0.4, -0.2) is 50.1 Å². The Labute approximate surface area is 197 Å². The highest BCUT2D eigenvalue weighted by Gasteiger charge is 2.10. The molecule has 1 atom stereocenters. The van der Waals surface area contributed by atoms with Crippen LogP contribution >= 0.6 is 24.0 Å². The minimum atomic E-state index is -0.0410. The molecule has 0 aliphatic rings. The van der Waals surface area contributed by atoms with Crippen molar-refractivity contribution in [3.8, 4) is 5.75 Å². The third kappa shape index (κ3) is 8.61. The van der Waals surface area contributed by atoms with E-state index >= 15 is 0 Å². The Morgan fingerprint density at radius 1 is 1.17 bits per heavy atom. The van der Waals surface area contributed by atoms with Gasteiger partial charge in [0.15, 0.2) is 5.96 Å². The molecule has 2 rings (SSSR count). The molecule has 2 aromatic carbocycles. The predicted molar refractivity (Wildman–Crippen MR) is 134 cm³/mol. The Bertz CT molecular complexity index is 799. The molecule has 1 amide bonds. The van der Waals surface area contributed by atoms with E-state index in [1.54, 1.807) is 7.05 Å². The fraction of sp³-hybridized carbons (Fsp3) is 0.391.